The number of fused-ring (bicyclic) bond motifs is 1. The summed E-state index contributed by atoms with van der Waals surface area (Å²) in [4.78, 5) is -0.674. The van der Waals surface area contributed by atoms with Crippen molar-refractivity contribution in [1.29, 1.82) is 0 Å². The van der Waals surface area contributed by atoms with Gasteiger partial charge in [-0.25, -0.2) is 8.42 Å². The van der Waals surface area contributed by atoms with Crippen LogP contribution >= 0.6 is 23.2 Å². The van der Waals surface area contributed by atoms with Crippen LogP contribution in [0.2, 0.25) is 10.0 Å². The summed E-state index contributed by atoms with van der Waals surface area (Å²) < 4.78 is 68.7. The molecule has 5 nitrogen and oxygen atoms in total. The van der Waals surface area contributed by atoms with Gasteiger partial charge in [0.2, 0.25) is 10.0 Å². The Labute approximate surface area is 260 Å². The molecule has 230 valence electrons. The van der Waals surface area contributed by atoms with Gasteiger partial charge in [0.05, 0.1) is 10.5 Å². The molecule has 2 heterocycles. The molecule has 4 atom stereocenters. The summed E-state index contributed by atoms with van der Waals surface area (Å²) in [6.45, 7) is 0.382. The molecular formula is C32H34Cl2F3N3O2S. The average molecular weight is 653 g/mol. The first-order valence-electron chi connectivity index (χ1n) is 14.7. The summed E-state index contributed by atoms with van der Waals surface area (Å²) in [7, 11) is -4.28. The van der Waals surface area contributed by atoms with Crippen LogP contribution < -0.4 is 10.9 Å². The number of hydrazine groups is 1. The van der Waals surface area contributed by atoms with Crippen LogP contribution in [0.3, 0.4) is 0 Å². The van der Waals surface area contributed by atoms with Gasteiger partial charge in [-0.1, -0.05) is 59.6 Å². The predicted octanol–water partition coefficient (Wildman–Crippen LogP) is 7.51. The van der Waals surface area contributed by atoms with E-state index in [0.717, 1.165) is 31.4 Å². The molecule has 1 saturated carbocycles. The molecule has 3 aromatic rings. The second kappa shape index (κ2) is 12.3. The summed E-state index contributed by atoms with van der Waals surface area (Å²) >= 11 is 12.4. The van der Waals surface area contributed by atoms with E-state index in [9.17, 15) is 21.6 Å². The van der Waals surface area contributed by atoms with Crippen LogP contribution in [0.5, 0.6) is 0 Å². The van der Waals surface area contributed by atoms with Crippen molar-refractivity contribution in [3.8, 4) is 0 Å². The number of nitrogens with one attached hydrogen (secondary N) is 2. The summed E-state index contributed by atoms with van der Waals surface area (Å²) in [5.74, 6) is 1.11. The van der Waals surface area contributed by atoms with Crippen molar-refractivity contribution in [2.24, 2.45) is 17.8 Å². The Hall–Kier alpha value is -2.14. The van der Waals surface area contributed by atoms with Crippen molar-refractivity contribution >= 4 is 33.2 Å². The van der Waals surface area contributed by atoms with Crippen LogP contribution in [-0.2, 0) is 16.2 Å². The van der Waals surface area contributed by atoms with Crippen molar-refractivity contribution < 1.29 is 21.6 Å². The molecular weight excluding hydrogens is 618 g/mol. The zero-order valence-corrected chi connectivity index (χ0v) is 25.7. The maximum absolute atomic E-state index is 13.6. The van der Waals surface area contributed by atoms with Crippen LogP contribution in [0, 0.1) is 17.8 Å². The molecule has 2 aliphatic heterocycles. The van der Waals surface area contributed by atoms with E-state index in [1.165, 1.54) is 27.6 Å². The van der Waals surface area contributed by atoms with E-state index in [1.54, 1.807) is 0 Å². The molecule has 0 radical (unpaired) electrons. The molecule has 43 heavy (non-hydrogen) atoms. The predicted molar refractivity (Wildman–Crippen MR) is 162 cm³/mol. The van der Waals surface area contributed by atoms with E-state index < -0.39 is 26.7 Å². The molecule has 0 spiro atoms. The largest absolute Gasteiger partial charge is 0.417 e. The third-order valence-electron chi connectivity index (χ3n) is 9.58. The molecule has 0 aromatic heterocycles. The van der Waals surface area contributed by atoms with Crippen molar-refractivity contribution in [3.63, 3.8) is 0 Å². The Morgan fingerprint density at radius 3 is 1.95 bits per heavy atom. The molecule has 3 fully saturated rings. The lowest BCUT2D eigenvalue weighted by atomic mass is 9.66. The van der Waals surface area contributed by atoms with Crippen molar-refractivity contribution in [2.75, 3.05) is 13.1 Å². The number of piperidine rings is 1. The first-order chi connectivity index (χ1) is 20.5. The molecule has 2 saturated heterocycles. The molecule has 3 aliphatic rings. The fraction of sp³-hybridized carbons (Fsp3) is 0.438. The number of nitrogens with zero attached hydrogens (tertiary/aromatic N) is 1. The number of alkyl halides is 3. The normalized spacial score (nSPS) is 25.6. The zero-order chi connectivity index (χ0) is 30.4. The number of halogens is 5. The SMILES string of the molecule is O=S(=O)(c1ccccc1C(F)(F)F)N1CCC(C2NNC3CCC(C(c4ccc(Cl)cc4)c4ccc(Cl)cc4)CC32)CC1. The van der Waals surface area contributed by atoms with Crippen molar-refractivity contribution in [3.05, 3.63) is 99.5 Å². The van der Waals surface area contributed by atoms with Crippen LogP contribution in [0.4, 0.5) is 13.2 Å². The lowest BCUT2D eigenvalue weighted by molar-refractivity contribution is -0.139. The maximum atomic E-state index is 13.6. The minimum absolute atomic E-state index is 0.149. The average Bonchev–Trinajstić information content (AvgIpc) is 3.42. The zero-order valence-electron chi connectivity index (χ0n) is 23.4. The molecule has 3 aromatic carbocycles. The van der Waals surface area contributed by atoms with Crippen LogP contribution in [0.1, 0.15) is 54.7 Å². The fourth-order valence-corrected chi connectivity index (χ4v) is 9.45. The molecule has 2 N–H and O–H groups in total. The Morgan fingerprint density at radius 2 is 1.37 bits per heavy atom. The Kier molecular flexibility index (Phi) is 8.85. The van der Waals surface area contributed by atoms with E-state index >= 15 is 0 Å². The van der Waals surface area contributed by atoms with Gasteiger partial charge in [0.1, 0.15) is 0 Å². The minimum Gasteiger partial charge on any atom is -0.254 e. The van der Waals surface area contributed by atoms with Gasteiger partial charge in [0.25, 0.3) is 0 Å². The van der Waals surface area contributed by atoms with Gasteiger partial charge in [-0.15, -0.1) is 0 Å². The van der Waals surface area contributed by atoms with Gasteiger partial charge in [-0.05, 0) is 97.4 Å². The number of benzene rings is 3. The smallest absolute Gasteiger partial charge is 0.254 e. The standard InChI is InChI=1S/C32H34Cl2F3N3O2S/c33-24-10-5-20(6-11-24)30(21-7-12-25(34)13-8-21)23-9-14-28-26(19-23)31(39-38-28)22-15-17-40(18-16-22)43(41,42)29-4-2-1-3-27(29)32(35,36)37/h1-8,10-13,22-23,26,28,30-31,38-39H,9,14-19H2. The second-order valence-corrected chi connectivity index (χ2v) is 14.8. The van der Waals surface area contributed by atoms with Crippen molar-refractivity contribution in [1.82, 2.24) is 15.2 Å². The lowest BCUT2D eigenvalue weighted by Gasteiger charge is -2.41. The highest BCUT2D eigenvalue weighted by molar-refractivity contribution is 7.89. The van der Waals surface area contributed by atoms with E-state index in [2.05, 4.69) is 35.1 Å². The van der Waals surface area contributed by atoms with Gasteiger partial charge in [-0.3, -0.25) is 10.9 Å². The molecule has 1 aliphatic carbocycles. The van der Waals surface area contributed by atoms with E-state index in [-0.39, 0.29) is 31.0 Å². The van der Waals surface area contributed by atoms with E-state index in [4.69, 9.17) is 23.2 Å². The minimum atomic E-state index is -4.75. The topological polar surface area (TPSA) is 61.4 Å². The summed E-state index contributed by atoms with van der Waals surface area (Å²) in [5.41, 5.74) is 8.35. The first-order valence-corrected chi connectivity index (χ1v) is 16.9. The molecule has 11 heteroatoms. The Morgan fingerprint density at radius 1 is 0.791 bits per heavy atom. The van der Waals surface area contributed by atoms with Gasteiger partial charge < -0.3 is 0 Å². The molecule has 0 amide bonds. The number of rotatable bonds is 6. The van der Waals surface area contributed by atoms with E-state index in [0.29, 0.717) is 40.8 Å². The highest BCUT2D eigenvalue weighted by atomic mass is 35.5. The number of sulfonamides is 1. The second-order valence-electron chi connectivity index (χ2n) is 12.0. The van der Waals surface area contributed by atoms with Gasteiger partial charge in [0.15, 0.2) is 0 Å². The number of hydrogen-bond donors (Lipinski definition) is 2. The highest BCUT2D eigenvalue weighted by Gasteiger charge is 2.47. The van der Waals surface area contributed by atoms with Gasteiger partial charge in [-0.2, -0.15) is 17.5 Å². The summed E-state index contributed by atoms with van der Waals surface area (Å²) in [6.07, 6.45) is -0.533. The quantitative estimate of drug-likeness (QED) is 0.290. The van der Waals surface area contributed by atoms with Crippen LogP contribution in [0.25, 0.3) is 0 Å². The van der Waals surface area contributed by atoms with Crippen molar-refractivity contribution in [2.45, 2.75) is 61.2 Å². The third-order valence-corrected chi connectivity index (χ3v) is 12.0. The van der Waals surface area contributed by atoms with Crippen LogP contribution in [0.15, 0.2) is 77.7 Å². The molecule has 0 bridgehead atoms. The summed E-state index contributed by atoms with van der Waals surface area (Å²) in [5, 5.41) is 1.39. The van der Waals surface area contributed by atoms with Gasteiger partial charge in [0, 0.05) is 41.1 Å². The highest BCUT2D eigenvalue weighted by Crippen LogP contribution is 2.46. The fourth-order valence-electron chi connectivity index (χ4n) is 7.51. The van der Waals surface area contributed by atoms with Crippen LogP contribution in [-0.4, -0.2) is 37.9 Å². The first kappa shape index (κ1) is 30.9. The molecule has 4 unspecified atom stereocenters. The van der Waals surface area contributed by atoms with Gasteiger partial charge >= 0.3 is 6.18 Å². The summed E-state index contributed by atoms with van der Waals surface area (Å²) in [6, 6.07) is 21.0. The third kappa shape index (κ3) is 6.35. The monoisotopic (exact) mass is 651 g/mol. The molecule has 6 rings (SSSR count). The maximum Gasteiger partial charge on any atom is 0.417 e. The lowest BCUT2D eigenvalue weighted by Crippen LogP contribution is -2.46. The Balaban J connectivity index is 1.18. The Bertz CT molecular complexity index is 1480. The number of hydrogen-bond acceptors (Lipinski definition) is 4. The van der Waals surface area contributed by atoms with E-state index in [1.807, 2.05) is 24.3 Å².